The molecule has 8 nitrogen and oxygen atoms in total. The predicted octanol–water partition coefficient (Wildman–Crippen LogP) is 2.83. The molecule has 0 bridgehead atoms. The Hall–Kier alpha value is -3.43. The number of hydrogen-bond donors (Lipinski definition) is 1. The average Bonchev–Trinajstić information content (AvgIpc) is 2.76. The number of methoxy groups -OCH3 is 1. The van der Waals surface area contributed by atoms with Gasteiger partial charge in [-0.25, -0.2) is 13.4 Å². The Morgan fingerprint density at radius 1 is 1.10 bits per heavy atom. The maximum atomic E-state index is 13.1. The lowest BCUT2D eigenvalue weighted by Gasteiger charge is -2.36. The van der Waals surface area contributed by atoms with Crippen LogP contribution in [0.1, 0.15) is 0 Å². The highest BCUT2D eigenvalue weighted by Crippen LogP contribution is 2.35. The lowest BCUT2D eigenvalue weighted by atomic mass is 10.3. The van der Waals surface area contributed by atoms with Crippen molar-refractivity contribution >= 4 is 33.1 Å². The van der Waals surface area contributed by atoms with Crippen molar-refractivity contribution in [1.82, 2.24) is 9.29 Å². The number of anilines is 3. The topological polar surface area (TPSA) is 91.8 Å². The Balaban J connectivity index is 1.62. The second kappa shape index (κ2) is 8.13. The Bertz CT molecular complexity index is 1170. The molecule has 1 aliphatic heterocycles. The summed E-state index contributed by atoms with van der Waals surface area (Å²) in [5.74, 6) is 0.481. The number of hydrogen-bond acceptors (Lipinski definition) is 6. The first kappa shape index (κ1) is 19.9. The Labute approximate surface area is 174 Å². The van der Waals surface area contributed by atoms with Crippen molar-refractivity contribution in [2.24, 2.45) is 0 Å². The molecule has 0 saturated carbocycles. The predicted molar refractivity (Wildman–Crippen MR) is 113 cm³/mol. The first-order valence-electron chi connectivity index (χ1n) is 9.21. The van der Waals surface area contributed by atoms with E-state index in [2.05, 4.69) is 10.3 Å². The van der Waals surface area contributed by atoms with Gasteiger partial charge in [-0.3, -0.25) is 4.79 Å². The zero-order chi connectivity index (χ0) is 21.1. The third kappa shape index (κ3) is 3.85. The van der Waals surface area contributed by atoms with Crippen molar-refractivity contribution in [3.05, 3.63) is 72.9 Å². The van der Waals surface area contributed by atoms with Crippen LogP contribution in [0.4, 0.5) is 17.2 Å². The normalized spacial score (nSPS) is 15.3. The van der Waals surface area contributed by atoms with E-state index in [9.17, 15) is 13.2 Å². The van der Waals surface area contributed by atoms with Crippen LogP contribution in [0.25, 0.3) is 0 Å². The van der Waals surface area contributed by atoms with E-state index in [4.69, 9.17) is 4.74 Å². The number of benzene rings is 2. The summed E-state index contributed by atoms with van der Waals surface area (Å²) in [6.07, 6.45) is 1.55. The summed E-state index contributed by atoms with van der Waals surface area (Å²) in [5, 5.41) is 2.72. The molecule has 1 N–H and O–H groups in total. The van der Waals surface area contributed by atoms with Crippen LogP contribution in [0, 0.1) is 0 Å². The van der Waals surface area contributed by atoms with Gasteiger partial charge < -0.3 is 15.0 Å². The average molecular weight is 424 g/mol. The fraction of sp³-hybridized carbons (Fsp3) is 0.143. The van der Waals surface area contributed by atoms with Crippen LogP contribution in [-0.4, -0.2) is 43.9 Å². The van der Waals surface area contributed by atoms with E-state index in [0.717, 1.165) is 9.99 Å². The summed E-state index contributed by atoms with van der Waals surface area (Å²) in [5.41, 5.74) is 1.31. The molecule has 0 spiro atoms. The van der Waals surface area contributed by atoms with Gasteiger partial charge in [0.1, 0.15) is 10.6 Å². The maximum Gasteiger partial charge on any atom is 0.248 e. The van der Waals surface area contributed by atoms with Crippen molar-refractivity contribution in [3.8, 4) is 5.75 Å². The number of para-hydroxylation sites is 1. The number of nitrogens with zero attached hydrogens (tertiary/aromatic N) is 3. The molecular formula is C21H20N4O4S. The minimum atomic E-state index is -3.88. The van der Waals surface area contributed by atoms with Gasteiger partial charge in [0.25, 0.3) is 0 Å². The van der Waals surface area contributed by atoms with Crippen molar-refractivity contribution in [3.63, 3.8) is 0 Å². The Morgan fingerprint density at radius 3 is 2.67 bits per heavy atom. The molecule has 30 heavy (non-hydrogen) atoms. The highest BCUT2D eigenvalue weighted by molar-refractivity contribution is 7.89. The summed E-state index contributed by atoms with van der Waals surface area (Å²) < 4.78 is 32.5. The summed E-state index contributed by atoms with van der Waals surface area (Å²) in [6.45, 7) is -0.362. The molecule has 1 aliphatic rings. The van der Waals surface area contributed by atoms with E-state index in [0.29, 0.717) is 17.3 Å². The molecular weight excluding hydrogens is 404 g/mol. The maximum absolute atomic E-state index is 13.1. The summed E-state index contributed by atoms with van der Waals surface area (Å²) in [7, 11) is -2.35. The molecule has 1 amide bonds. The molecule has 9 heteroatoms. The number of carbonyl (C=O) groups is 1. The van der Waals surface area contributed by atoms with Gasteiger partial charge in [0.15, 0.2) is 5.82 Å². The lowest BCUT2D eigenvalue weighted by molar-refractivity contribution is -0.116. The minimum absolute atomic E-state index is 0.0259. The monoisotopic (exact) mass is 424 g/mol. The Morgan fingerprint density at radius 2 is 1.90 bits per heavy atom. The fourth-order valence-electron chi connectivity index (χ4n) is 3.23. The molecule has 3 aromatic rings. The van der Waals surface area contributed by atoms with Crippen molar-refractivity contribution < 1.29 is 17.9 Å². The summed E-state index contributed by atoms with van der Waals surface area (Å²) in [4.78, 5) is 18.7. The van der Waals surface area contributed by atoms with Crippen molar-refractivity contribution in [2.45, 2.75) is 4.90 Å². The van der Waals surface area contributed by atoms with Gasteiger partial charge in [-0.15, -0.1) is 0 Å². The highest BCUT2D eigenvalue weighted by atomic mass is 32.2. The molecule has 4 rings (SSSR count). The van der Waals surface area contributed by atoms with Gasteiger partial charge in [-0.1, -0.05) is 24.3 Å². The lowest BCUT2D eigenvalue weighted by Crippen LogP contribution is -2.47. The standard InChI is InChI=1S/C21H20N4O4S/c1-29-18-10-5-7-16(13-18)23-20(26)14-24-15-25(17-8-3-2-4-9-17)21-19(30(24,27)28)11-6-12-22-21/h2-13H,14-15H2,1H3,(H,23,26). The smallest absolute Gasteiger partial charge is 0.248 e. The first-order chi connectivity index (χ1) is 14.5. The highest BCUT2D eigenvalue weighted by Gasteiger charge is 2.37. The van der Waals surface area contributed by atoms with E-state index in [1.165, 1.54) is 13.2 Å². The van der Waals surface area contributed by atoms with Crippen LogP contribution in [0.3, 0.4) is 0 Å². The van der Waals surface area contributed by atoms with Crippen LogP contribution in [0.5, 0.6) is 5.75 Å². The number of fused-ring (bicyclic) bond motifs is 1. The number of carbonyl (C=O) groups excluding carboxylic acids is 1. The molecule has 0 saturated heterocycles. The molecule has 1 aromatic heterocycles. The number of aromatic nitrogens is 1. The molecule has 0 unspecified atom stereocenters. The van der Waals surface area contributed by atoms with Crippen LogP contribution >= 0.6 is 0 Å². The molecule has 0 aliphatic carbocycles. The molecule has 0 atom stereocenters. The number of sulfonamides is 1. The summed E-state index contributed by atoms with van der Waals surface area (Å²) >= 11 is 0. The molecule has 0 fully saturated rings. The number of ether oxygens (including phenoxy) is 1. The van der Waals surface area contributed by atoms with Gasteiger partial charge in [-0.2, -0.15) is 4.31 Å². The quantitative estimate of drug-likeness (QED) is 0.677. The third-order valence-corrected chi connectivity index (χ3v) is 6.46. The third-order valence-electron chi connectivity index (χ3n) is 4.66. The fourth-order valence-corrected chi connectivity index (χ4v) is 4.71. The number of rotatable bonds is 5. The van der Waals surface area contributed by atoms with Gasteiger partial charge in [0, 0.05) is 23.6 Å². The van der Waals surface area contributed by atoms with Crippen molar-refractivity contribution in [1.29, 1.82) is 0 Å². The van der Waals surface area contributed by atoms with E-state index < -0.39 is 15.9 Å². The van der Waals surface area contributed by atoms with Crippen LogP contribution in [-0.2, 0) is 14.8 Å². The number of nitrogens with one attached hydrogen (secondary N) is 1. The first-order valence-corrected chi connectivity index (χ1v) is 10.6. The minimum Gasteiger partial charge on any atom is -0.497 e. The second-order valence-corrected chi connectivity index (χ2v) is 8.53. The van der Waals surface area contributed by atoms with E-state index in [1.54, 1.807) is 41.4 Å². The number of amides is 1. The van der Waals surface area contributed by atoms with E-state index >= 15 is 0 Å². The van der Waals surface area contributed by atoms with Gasteiger partial charge in [0.2, 0.25) is 15.9 Å². The largest absolute Gasteiger partial charge is 0.497 e. The zero-order valence-corrected chi connectivity index (χ0v) is 17.0. The van der Waals surface area contributed by atoms with E-state index in [-0.39, 0.29) is 18.1 Å². The Kier molecular flexibility index (Phi) is 5.39. The van der Waals surface area contributed by atoms with Gasteiger partial charge in [-0.05, 0) is 36.4 Å². The molecule has 0 radical (unpaired) electrons. The second-order valence-electron chi connectivity index (χ2n) is 6.63. The zero-order valence-electron chi connectivity index (χ0n) is 16.2. The van der Waals surface area contributed by atoms with Crippen LogP contribution < -0.4 is 15.0 Å². The van der Waals surface area contributed by atoms with Crippen molar-refractivity contribution in [2.75, 3.05) is 30.5 Å². The summed E-state index contributed by atoms with van der Waals surface area (Å²) in [6, 6.07) is 19.3. The molecule has 2 heterocycles. The number of pyridine rings is 1. The van der Waals surface area contributed by atoms with Gasteiger partial charge >= 0.3 is 0 Å². The molecule has 2 aromatic carbocycles. The van der Waals surface area contributed by atoms with Gasteiger partial charge in [0.05, 0.1) is 20.3 Å². The SMILES string of the molecule is COc1cccc(NC(=O)CN2CN(c3ccccc3)c3ncccc3S2(=O)=O)c1. The van der Waals surface area contributed by atoms with Crippen LogP contribution in [0.15, 0.2) is 77.8 Å². The van der Waals surface area contributed by atoms with E-state index in [1.807, 2.05) is 30.3 Å². The molecule has 154 valence electrons. The van der Waals surface area contributed by atoms with Crippen LogP contribution in [0.2, 0.25) is 0 Å².